The van der Waals surface area contributed by atoms with Crippen LogP contribution in [0, 0.1) is 5.82 Å². The van der Waals surface area contributed by atoms with Crippen molar-refractivity contribution >= 4 is 44.9 Å². The Morgan fingerprint density at radius 3 is 2.61 bits per heavy atom. The molecule has 0 spiro atoms. The molecule has 0 bridgehead atoms. The summed E-state index contributed by atoms with van der Waals surface area (Å²) < 4.78 is 14.5. The predicted octanol–water partition coefficient (Wildman–Crippen LogP) is 4.32. The number of nitrogens with zero attached hydrogens (tertiary/aromatic N) is 2. The van der Waals surface area contributed by atoms with Crippen LogP contribution in [0.15, 0.2) is 76.0 Å². The molecule has 2 heterocycles. The fourth-order valence-corrected chi connectivity index (χ4v) is 4.27. The van der Waals surface area contributed by atoms with Crippen molar-refractivity contribution < 1.29 is 9.18 Å². The molecule has 1 amide bonds. The van der Waals surface area contributed by atoms with Crippen LogP contribution in [-0.4, -0.2) is 21.2 Å². The average Bonchev–Trinajstić information content (AvgIpc) is 3.18. The number of halogens is 1. The van der Waals surface area contributed by atoms with E-state index in [4.69, 9.17) is 0 Å². The largest absolute Gasteiger partial charge is 0.325 e. The molecule has 0 unspecified atom stereocenters. The van der Waals surface area contributed by atoms with Crippen LogP contribution in [0.1, 0.15) is 0 Å². The second-order valence-electron chi connectivity index (χ2n) is 5.85. The normalized spacial score (nSPS) is 10.9. The third-order valence-corrected chi connectivity index (χ3v) is 5.69. The van der Waals surface area contributed by atoms with Crippen molar-refractivity contribution in [3.63, 3.8) is 0 Å². The zero-order valence-corrected chi connectivity index (χ0v) is 16.1. The molecule has 0 aliphatic heterocycles. The van der Waals surface area contributed by atoms with Crippen LogP contribution < -0.4 is 10.9 Å². The number of para-hydroxylation sites is 1. The van der Waals surface area contributed by atoms with E-state index in [9.17, 15) is 14.0 Å². The van der Waals surface area contributed by atoms with Gasteiger partial charge < -0.3 is 5.32 Å². The van der Waals surface area contributed by atoms with Crippen molar-refractivity contribution in [2.75, 3.05) is 11.1 Å². The first-order chi connectivity index (χ1) is 13.6. The van der Waals surface area contributed by atoms with Gasteiger partial charge in [-0.05, 0) is 47.8 Å². The SMILES string of the molecule is O=C(CSc1nc2sccc2c(=O)n1-c1ccccc1)Nc1ccc(F)cc1. The van der Waals surface area contributed by atoms with Crippen molar-refractivity contribution in [1.29, 1.82) is 0 Å². The third kappa shape index (κ3) is 3.83. The Balaban J connectivity index is 1.61. The molecular formula is C20H14FN3O2S2. The van der Waals surface area contributed by atoms with Gasteiger partial charge in [-0.2, -0.15) is 0 Å². The van der Waals surface area contributed by atoms with Crippen LogP contribution in [0.2, 0.25) is 0 Å². The number of hydrogen-bond acceptors (Lipinski definition) is 5. The molecule has 0 saturated heterocycles. The minimum absolute atomic E-state index is 0.0630. The summed E-state index contributed by atoms with van der Waals surface area (Å²) in [4.78, 5) is 30.5. The van der Waals surface area contributed by atoms with Crippen LogP contribution in [0.25, 0.3) is 15.9 Å². The van der Waals surface area contributed by atoms with Gasteiger partial charge in [-0.3, -0.25) is 14.2 Å². The fourth-order valence-electron chi connectivity index (χ4n) is 2.66. The highest BCUT2D eigenvalue weighted by Gasteiger charge is 2.15. The lowest BCUT2D eigenvalue weighted by molar-refractivity contribution is -0.113. The molecule has 4 aromatic rings. The Morgan fingerprint density at radius 2 is 1.86 bits per heavy atom. The quantitative estimate of drug-likeness (QED) is 0.392. The second kappa shape index (κ2) is 7.95. The van der Waals surface area contributed by atoms with Gasteiger partial charge in [0.25, 0.3) is 5.56 Å². The van der Waals surface area contributed by atoms with Gasteiger partial charge in [0.05, 0.1) is 16.8 Å². The maximum Gasteiger partial charge on any atom is 0.267 e. The highest BCUT2D eigenvalue weighted by Crippen LogP contribution is 2.24. The highest BCUT2D eigenvalue weighted by molar-refractivity contribution is 7.99. The summed E-state index contributed by atoms with van der Waals surface area (Å²) in [5.74, 6) is -0.572. The summed E-state index contributed by atoms with van der Waals surface area (Å²) in [6, 6.07) is 16.5. The van der Waals surface area contributed by atoms with Crippen LogP contribution in [0.4, 0.5) is 10.1 Å². The lowest BCUT2D eigenvalue weighted by Crippen LogP contribution is -2.22. The summed E-state index contributed by atoms with van der Waals surface area (Å²) >= 11 is 2.56. The van der Waals surface area contributed by atoms with Gasteiger partial charge in [0.15, 0.2) is 5.16 Å². The molecule has 0 aliphatic carbocycles. The van der Waals surface area contributed by atoms with Gasteiger partial charge in [0.1, 0.15) is 10.6 Å². The van der Waals surface area contributed by atoms with Gasteiger partial charge in [0, 0.05) is 5.69 Å². The molecule has 8 heteroatoms. The Kier molecular flexibility index (Phi) is 5.23. The molecule has 0 atom stereocenters. The Hall–Kier alpha value is -2.97. The minimum Gasteiger partial charge on any atom is -0.325 e. The number of hydrogen-bond donors (Lipinski definition) is 1. The van der Waals surface area contributed by atoms with E-state index in [0.717, 1.165) is 0 Å². The average molecular weight is 411 g/mol. The van der Waals surface area contributed by atoms with E-state index in [1.807, 2.05) is 35.7 Å². The van der Waals surface area contributed by atoms with Gasteiger partial charge >= 0.3 is 0 Å². The fraction of sp³-hybridized carbons (Fsp3) is 0.0500. The number of thioether (sulfide) groups is 1. The predicted molar refractivity (Wildman–Crippen MR) is 111 cm³/mol. The first-order valence-electron chi connectivity index (χ1n) is 8.36. The maximum absolute atomic E-state index is 13.0. The smallest absolute Gasteiger partial charge is 0.267 e. The molecule has 0 aliphatic rings. The number of carbonyl (C=O) groups is 1. The summed E-state index contributed by atoms with van der Waals surface area (Å²) in [7, 11) is 0. The number of fused-ring (bicyclic) bond motifs is 1. The van der Waals surface area contributed by atoms with Gasteiger partial charge in [-0.1, -0.05) is 30.0 Å². The van der Waals surface area contributed by atoms with Crippen molar-refractivity contribution in [3.05, 3.63) is 82.2 Å². The van der Waals surface area contributed by atoms with E-state index in [0.29, 0.717) is 26.7 Å². The molecule has 5 nitrogen and oxygen atoms in total. The van der Waals surface area contributed by atoms with Crippen molar-refractivity contribution in [3.8, 4) is 5.69 Å². The first kappa shape index (κ1) is 18.4. The van der Waals surface area contributed by atoms with E-state index in [2.05, 4.69) is 10.3 Å². The Morgan fingerprint density at radius 1 is 1.11 bits per heavy atom. The zero-order valence-electron chi connectivity index (χ0n) is 14.5. The van der Waals surface area contributed by atoms with E-state index in [1.165, 1.54) is 51.9 Å². The van der Waals surface area contributed by atoms with E-state index < -0.39 is 0 Å². The Bertz CT molecular complexity index is 1190. The first-order valence-corrected chi connectivity index (χ1v) is 10.2. The molecule has 28 heavy (non-hydrogen) atoms. The molecule has 0 fully saturated rings. The molecule has 0 saturated carbocycles. The molecule has 140 valence electrons. The molecule has 0 radical (unpaired) electrons. The number of carbonyl (C=O) groups excluding carboxylic acids is 1. The molecule has 1 N–H and O–H groups in total. The standard InChI is InChI=1S/C20H14FN3O2S2/c21-13-6-8-14(9-7-13)22-17(25)12-28-20-23-18-16(10-11-27-18)19(26)24(20)15-4-2-1-3-5-15/h1-11H,12H2,(H,22,25). The van der Waals surface area contributed by atoms with Crippen molar-refractivity contribution in [2.45, 2.75) is 5.16 Å². The molecule has 2 aromatic carbocycles. The number of benzene rings is 2. The third-order valence-electron chi connectivity index (χ3n) is 3.94. The maximum atomic E-state index is 13.0. The van der Waals surface area contributed by atoms with Gasteiger partial charge in [-0.25, -0.2) is 9.37 Å². The lowest BCUT2D eigenvalue weighted by Gasteiger charge is -2.12. The van der Waals surface area contributed by atoms with E-state index >= 15 is 0 Å². The molecular weight excluding hydrogens is 397 g/mol. The minimum atomic E-state index is -0.368. The summed E-state index contributed by atoms with van der Waals surface area (Å²) in [5, 5.41) is 5.52. The van der Waals surface area contributed by atoms with Crippen LogP contribution in [0.3, 0.4) is 0 Å². The van der Waals surface area contributed by atoms with Gasteiger partial charge in [-0.15, -0.1) is 11.3 Å². The molecule has 4 rings (SSSR count). The molecule has 2 aromatic heterocycles. The second-order valence-corrected chi connectivity index (χ2v) is 7.69. The van der Waals surface area contributed by atoms with Gasteiger partial charge in [0.2, 0.25) is 5.91 Å². The number of amides is 1. The number of thiophene rings is 1. The van der Waals surface area contributed by atoms with E-state index in [-0.39, 0.29) is 23.0 Å². The summed E-state index contributed by atoms with van der Waals surface area (Å²) in [6.45, 7) is 0. The van der Waals surface area contributed by atoms with E-state index in [1.54, 1.807) is 6.07 Å². The topological polar surface area (TPSA) is 64.0 Å². The van der Waals surface area contributed by atoms with Crippen LogP contribution >= 0.6 is 23.1 Å². The van der Waals surface area contributed by atoms with Crippen molar-refractivity contribution in [1.82, 2.24) is 9.55 Å². The zero-order chi connectivity index (χ0) is 19.5. The monoisotopic (exact) mass is 411 g/mol. The van der Waals surface area contributed by atoms with Crippen molar-refractivity contribution in [2.24, 2.45) is 0 Å². The summed E-state index contributed by atoms with van der Waals surface area (Å²) in [6.07, 6.45) is 0. The number of aromatic nitrogens is 2. The lowest BCUT2D eigenvalue weighted by atomic mass is 10.3. The Labute approximate surface area is 167 Å². The summed E-state index contributed by atoms with van der Waals surface area (Å²) in [5.41, 5.74) is 1.03. The van der Waals surface area contributed by atoms with Crippen LogP contribution in [-0.2, 0) is 4.79 Å². The number of rotatable bonds is 5. The number of anilines is 1. The highest BCUT2D eigenvalue weighted by atomic mass is 32.2. The number of nitrogens with one attached hydrogen (secondary N) is 1. The van der Waals surface area contributed by atoms with Crippen LogP contribution in [0.5, 0.6) is 0 Å².